The van der Waals surface area contributed by atoms with Crippen molar-refractivity contribution >= 4 is 34.7 Å². The lowest BCUT2D eigenvalue weighted by Gasteiger charge is -2.07. The smallest absolute Gasteiger partial charge is 0.272 e. The molecule has 1 aromatic heterocycles. The molecule has 0 radical (unpaired) electrons. The van der Waals surface area contributed by atoms with E-state index in [-0.39, 0.29) is 5.91 Å². The van der Waals surface area contributed by atoms with E-state index in [9.17, 15) is 4.79 Å². The van der Waals surface area contributed by atoms with E-state index in [4.69, 9.17) is 9.84 Å². The Bertz CT molecular complexity index is 1510. The van der Waals surface area contributed by atoms with Gasteiger partial charge >= 0.3 is 0 Å². The number of aromatic nitrogens is 2. The zero-order chi connectivity index (χ0) is 25.5. The number of ether oxygens (including phenoxy) is 1. The van der Waals surface area contributed by atoms with Gasteiger partial charge in [-0.05, 0) is 76.7 Å². The molecule has 0 aliphatic rings. The van der Waals surface area contributed by atoms with Crippen molar-refractivity contribution in [3.63, 3.8) is 0 Å². The highest BCUT2D eigenvalue weighted by atomic mass is 127. The van der Waals surface area contributed by atoms with Gasteiger partial charge in [0.15, 0.2) is 0 Å². The fraction of sp³-hybridized carbons (Fsp3) is 0.0333. The van der Waals surface area contributed by atoms with E-state index in [0.717, 1.165) is 37.4 Å². The minimum Gasteiger partial charge on any atom is -0.489 e. The highest BCUT2D eigenvalue weighted by Gasteiger charge is 2.12. The summed E-state index contributed by atoms with van der Waals surface area (Å²) in [6.07, 6.45) is 3.52. The summed E-state index contributed by atoms with van der Waals surface area (Å²) in [6, 6.07) is 35.1. The Morgan fingerprint density at radius 1 is 0.892 bits per heavy atom. The van der Waals surface area contributed by atoms with Crippen LogP contribution in [0.4, 0.5) is 0 Å². The van der Waals surface area contributed by atoms with Gasteiger partial charge in [-0.1, -0.05) is 60.7 Å². The van der Waals surface area contributed by atoms with Gasteiger partial charge in [-0.2, -0.15) is 10.2 Å². The Hall–Kier alpha value is -4.24. The molecule has 5 rings (SSSR count). The molecule has 0 saturated heterocycles. The van der Waals surface area contributed by atoms with Gasteiger partial charge in [0.1, 0.15) is 18.1 Å². The van der Waals surface area contributed by atoms with E-state index in [1.807, 2.05) is 109 Å². The van der Waals surface area contributed by atoms with E-state index in [1.165, 1.54) is 0 Å². The van der Waals surface area contributed by atoms with Gasteiger partial charge in [0.05, 0.1) is 17.5 Å². The summed E-state index contributed by atoms with van der Waals surface area (Å²) in [7, 11) is 0. The third kappa shape index (κ3) is 6.13. The zero-order valence-electron chi connectivity index (χ0n) is 19.8. The van der Waals surface area contributed by atoms with Gasteiger partial charge in [-0.3, -0.25) is 4.79 Å². The van der Waals surface area contributed by atoms with Crippen molar-refractivity contribution in [3.8, 4) is 22.7 Å². The van der Waals surface area contributed by atoms with Gasteiger partial charge in [-0.15, -0.1) is 0 Å². The third-order valence-corrected chi connectivity index (χ3v) is 6.57. The Labute approximate surface area is 228 Å². The van der Waals surface area contributed by atoms with Gasteiger partial charge in [0.2, 0.25) is 0 Å². The van der Waals surface area contributed by atoms with Crippen molar-refractivity contribution in [2.45, 2.75) is 6.61 Å². The van der Waals surface area contributed by atoms with Crippen LogP contribution in [0.2, 0.25) is 0 Å². The molecule has 0 unspecified atom stereocenters. The molecular formula is C30H23IN4O2. The molecule has 1 amide bonds. The first-order chi connectivity index (χ1) is 18.2. The maximum Gasteiger partial charge on any atom is 0.272 e. The molecular weight excluding hydrogens is 575 g/mol. The van der Waals surface area contributed by atoms with Crippen molar-refractivity contribution in [1.82, 2.24) is 15.2 Å². The van der Waals surface area contributed by atoms with E-state index in [1.54, 1.807) is 17.0 Å². The number of carbonyl (C=O) groups excluding carboxylic acids is 1. The van der Waals surface area contributed by atoms with Crippen molar-refractivity contribution in [1.29, 1.82) is 0 Å². The monoisotopic (exact) mass is 598 g/mol. The van der Waals surface area contributed by atoms with E-state index < -0.39 is 0 Å². The first-order valence-corrected chi connectivity index (χ1v) is 12.8. The summed E-state index contributed by atoms with van der Waals surface area (Å²) in [5.74, 6) is 0.508. The lowest BCUT2D eigenvalue weighted by Crippen LogP contribution is -2.18. The van der Waals surface area contributed by atoms with Crippen LogP contribution in [-0.2, 0) is 6.61 Å². The van der Waals surface area contributed by atoms with Crippen LogP contribution in [0, 0.1) is 3.57 Å². The fourth-order valence-electron chi connectivity index (χ4n) is 3.74. The highest BCUT2D eigenvalue weighted by molar-refractivity contribution is 14.1. The van der Waals surface area contributed by atoms with Crippen molar-refractivity contribution in [2.24, 2.45) is 5.10 Å². The number of benzene rings is 4. The predicted molar refractivity (Wildman–Crippen MR) is 154 cm³/mol. The molecule has 1 N–H and O–H groups in total. The number of nitrogens with one attached hydrogen (secondary N) is 1. The van der Waals surface area contributed by atoms with Crippen molar-refractivity contribution < 1.29 is 9.53 Å². The van der Waals surface area contributed by atoms with Crippen LogP contribution in [-0.4, -0.2) is 21.9 Å². The van der Waals surface area contributed by atoms with Crippen LogP contribution in [0.1, 0.15) is 21.5 Å². The number of hydrogen-bond donors (Lipinski definition) is 1. The van der Waals surface area contributed by atoms with Crippen LogP contribution < -0.4 is 10.2 Å². The number of amides is 1. The lowest BCUT2D eigenvalue weighted by atomic mass is 10.1. The number of carbonyl (C=O) groups is 1. The number of hydrogen-bond acceptors (Lipinski definition) is 4. The normalized spacial score (nSPS) is 10.9. The summed E-state index contributed by atoms with van der Waals surface area (Å²) in [6.45, 7) is 0.501. The number of para-hydroxylation sites is 1. The zero-order valence-corrected chi connectivity index (χ0v) is 21.9. The number of nitrogens with zero attached hydrogens (tertiary/aromatic N) is 3. The SMILES string of the molecule is O=C(NN=Cc1cn(-c2ccccc2)nc1-c1ccc(OCc2ccccc2)cc1)c1ccccc1I. The molecule has 5 aromatic rings. The summed E-state index contributed by atoms with van der Waals surface area (Å²) >= 11 is 2.14. The molecule has 6 nitrogen and oxygen atoms in total. The van der Waals surface area contributed by atoms with Gasteiger partial charge in [-0.25, -0.2) is 10.1 Å². The number of hydrazone groups is 1. The average molecular weight is 598 g/mol. The molecule has 0 saturated carbocycles. The minimum absolute atomic E-state index is 0.266. The highest BCUT2D eigenvalue weighted by Crippen LogP contribution is 2.25. The van der Waals surface area contributed by atoms with Crippen LogP contribution >= 0.6 is 22.6 Å². The molecule has 37 heavy (non-hydrogen) atoms. The van der Waals surface area contributed by atoms with Crippen LogP contribution in [0.5, 0.6) is 5.75 Å². The first-order valence-electron chi connectivity index (χ1n) is 11.7. The van der Waals surface area contributed by atoms with Gasteiger partial charge < -0.3 is 4.74 Å². The second-order valence-electron chi connectivity index (χ2n) is 8.19. The van der Waals surface area contributed by atoms with Gasteiger partial charge in [0, 0.05) is 20.9 Å². The minimum atomic E-state index is -0.266. The molecule has 0 aliphatic carbocycles. The van der Waals surface area contributed by atoms with E-state index in [0.29, 0.717) is 12.2 Å². The molecule has 7 heteroatoms. The molecule has 182 valence electrons. The van der Waals surface area contributed by atoms with Crippen LogP contribution in [0.25, 0.3) is 16.9 Å². The molecule has 0 aliphatic heterocycles. The molecule has 1 heterocycles. The van der Waals surface area contributed by atoms with Crippen LogP contribution in [0.15, 0.2) is 120 Å². The summed E-state index contributed by atoms with van der Waals surface area (Å²) in [5, 5.41) is 9.04. The predicted octanol–water partition coefficient (Wildman–Crippen LogP) is 6.49. The standard InChI is InChI=1S/C30H23IN4O2/c31-28-14-8-7-13-27(28)30(36)33-32-19-24-20-35(25-11-5-2-6-12-25)34-29(24)23-15-17-26(18-16-23)37-21-22-9-3-1-4-10-22/h1-20H,21H2,(H,33,36). The summed E-state index contributed by atoms with van der Waals surface area (Å²) in [4.78, 5) is 12.6. The molecule has 4 aromatic carbocycles. The Morgan fingerprint density at radius 3 is 2.30 bits per heavy atom. The third-order valence-electron chi connectivity index (χ3n) is 5.63. The van der Waals surface area contributed by atoms with E-state index >= 15 is 0 Å². The molecule has 0 spiro atoms. The quantitative estimate of drug-likeness (QED) is 0.126. The maximum absolute atomic E-state index is 12.6. The molecule has 0 bridgehead atoms. The largest absolute Gasteiger partial charge is 0.489 e. The Balaban J connectivity index is 1.38. The van der Waals surface area contributed by atoms with Gasteiger partial charge in [0.25, 0.3) is 5.91 Å². The second kappa shape index (κ2) is 11.7. The van der Waals surface area contributed by atoms with Crippen molar-refractivity contribution in [2.75, 3.05) is 0 Å². The van der Waals surface area contributed by atoms with E-state index in [2.05, 4.69) is 33.1 Å². The summed E-state index contributed by atoms with van der Waals surface area (Å²) in [5.41, 5.74) is 7.66. The molecule has 0 fully saturated rings. The Kier molecular flexibility index (Phi) is 7.71. The molecule has 0 atom stereocenters. The van der Waals surface area contributed by atoms with Crippen molar-refractivity contribution in [3.05, 3.63) is 136 Å². The number of halogens is 1. The number of rotatable bonds is 8. The summed E-state index contributed by atoms with van der Waals surface area (Å²) < 4.78 is 8.60. The topological polar surface area (TPSA) is 68.5 Å². The fourth-order valence-corrected chi connectivity index (χ4v) is 4.37. The maximum atomic E-state index is 12.6. The average Bonchev–Trinajstić information content (AvgIpc) is 3.37. The Morgan fingerprint density at radius 2 is 1.57 bits per heavy atom. The van der Waals surface area contributed by atoms with Crippen LogP contribution in [0.3, 0.4) is 0 Å². The first kappa shape index (κ1) is 24.5. The lowest BCUT2D eigenvalue weighted by molar-refractivity contribution is 0.0954. The second-order valence-corrected chi connectivity index (χ2v) is 9.35.